The number of hydrogen-bond donors (Lipinski definition) is 2. The number of fused-ring (bicyclic) bond motifs is 1. The lowest BCUT2D eigenvalue weighted by atomic mass is 9.94. The fourth-order valence-electron chi connectivity index (χ4n) is 2.94. The first-order valence-electron chi connectivity index (χ1n) is 8.00. The number of nitrogens with zero attached hydrogens (tertiary/aromatic N) is 2. The molecule has 8 heteroatoms. The summed E-state index contributed by atoms with van der Waals surface area (Å²) in [7, 11) is 0. The predicted octanol–water partition coefficient (Wildman–Crippen LogP) is 2.74. The van der Waals surface area contributed by atoms with Crippen LogP contribution in [0, 0.1) is 11.7 Å². The molecule has 1 aromatic heterocycles. The molecule has 0 saturated heterocycles. The van der Waals surface area contributed by atoms with Crippen LogP contribution in [-0.4, -0.2) is 28.1 Å². The normalized spacial score (nSPS) is 16.2. The molecule has 1 aliphatic rings. The van der Waals surface area contributed by atoms with E-state index in [-0.39, 0.29) is 22.0 Å². The molecule has 2 N–H and O–H groups in total. The van der Waals surface area contributed by atoms with Gasteiger partial charge in [-0.3, -0.25) is 14.3 Å². The standard InChI is InChI=1S/C17H18BrFN4O2/c1-10(24)20-8-11-5-6-23-15(7-11)12(9-21-23)17(25)22-14-4-2-3-13(18)16(14)19/h2-4,9,11H,5-8H2,1H3,(H,20,24)(H,22,25). The predicted molar refractivity (Wildman–Crippen MR) is 94.8 cm³/mol. The summed E-state index contributed by atoms with van der Waals surface area (Å²) in [6.45, 7) is 2.75. The largest absolute Gasteiger partial charge is 0.356 e. The smallest absolute Gasteiger partial charge is 0.259 e. The van der Waals surface area contributed by atoms with Gasteiger partial charge >= 0.3 is 0 Å². The van der Waals surface area contributed by atoms with Crippen molar-refractivity contribution in [2.45, 2.75) is 26.3 Å². The Bertz CT molecular complexity index is 821. The quantitative estimate of drug-likeness (QED) is 0.816. The molecule has 132 valence electrons. The van der Waals surface area contributed by atoms with Gasteiger partial charge in [0.25, 0.3) is 5.91 Å². The maximum absolute atomic E-state index is 14.1. The van der Waals surface area contributed by atoms with Crippen LogP contribution in [0.25, 0.3) is 0 Å². The van der Waals surface area contributed by atoms with Gasteiger partial charge in [0, 0.05) is 20.0 Å². The number of benzene rings is 1. The maximum Gasteiger partial charge on any atom is 0.259 e. The van der Waals surface area contributed by atoms with Gasteiger partial charge in [0.1, 0.15) is 0 Å². The third-order valence-electron chi connectivity index (χ3n) is 4.26. The molecule has 6 nitrogen and oxygen atoms in total. The van der Waals surface area contributed by atoms with Crippen LogP contribution in [0.5, 0.6) is 0 Å². The van der Waals surface area contributed by atoms with Gasteiger partial charge in [-0.15, -0.1) is 0 Å². The number of hydrogen-bond acceptors (Lipinski definition) is 3. The first-order valence-corrected chi connectivity index (χ1v) is 8.79. The van der Waals surface area contributed by atoms with Gasteiger partial charge in [0.05, 0.1) is 27.6 Å². The van der Waals surface area contributed by atoms with E-state index >= 15 is 0 Å². The van der Waals surface area contributed by atoms with Crippen molar-refractivity contribution in [1.82, 2.24) is 15.1 Å². The molecule has 0 radical (unpaired) electrons. The molecule has 25 heavy (non-hydrogen) atoms. The Morgan fingerprint density at radius 3 is 3.00 bits per heavy atom. The lowest BCUT2D eigenvalue weighted by Crippen LogP contribution is -2.32. The molecule has 2 heterocycles. The summed E-state index contributed by atoms with van der Waals surface area (Å²) in [6.07, 6.45) is 3.04. The lowest BCUT2D eigenvalue weighted by Gasteiger charge is -2.24. The van der Waals surface area contributed by atoms with Crippen LogP contribution in [0.1, 0.15) is 29.4 Å². The van der Waals surface area contributed by atoms with Gasteiger partial charge in [0.2, 0.25) is 5.91 Å². The number of aromatic nitrogens is 2. The second-order valence-electron chi connectivity index (χ2n) is 6.08. The average Bonchev–Trinajstić information content (AvgIpc) is 3.00. The minimum Gasteiger partial charge on any atom is -0.356 e. The van der Waals surface area contributed by atoms with Crippen LogP contribution in [0.4, 0.5) is 10.1 Å². The molecular formula is C17H18BrFN4O2. The highest BCUT2D eigenvalue weighted by atomic mass is 79.9. The number of halogens is 2. The molecule has 2 aromatic rings. The number of anilines is 1. The molecule has 0 spiro atoms. The van der Waals surface area contributed by atoms with Crippen molar-refractivity contribution in [3.8, 4) is 0 Å². The van der Waals surface area contributed by atoms with Crippen molar-refractivity contribution in [1.29, 1.82) is 0 Å². The molecule has 0 bridgehead atoms. The van der Waals surface area contributed by atoms with Crippen LogP contribution in [0.3, 0.4) is 0 Å². The molecule has 1 unspecified atom stereocenters. The number of nitrogens with one attached hydrogen (secondary N) is 2. The summed E-state index contributed by atoms with van der Waals surface area (Å²) in [5.41, 5.74) is 1.37. The monoisotopic (exact) mass is 408 g/mol. The summed E-state index contributed by atoms with van der Waals surface area (Å²) in [6, 6.07) is 4.73. The fraction of sp³-hybridized carbons (Fsp3) is 0.353. The van der Waals surface area contributed by atoms with E-state index in [0.29, 0.717) is 25.1 Å². The molecule has 1 aromatic carbocycles. The number of rotatable bonds is 4. The van der Waals surface area contributed by atoms with Crippen molar-refractivity contribution in [3.05, 3.63) is 45.9 Å². The Morgan fingerprint density at radius 2 is 2.24 bits per heavy atom. The first-order chi connectivity index (χ1) is 12.0. The fourth-order valence-corrected chi connectivity index (χ4v) is 3.31. The molecular weight excluding hydrogens is 391 g/mol. The Labute approximate surface area is 152 Å². The molecule has 2 amide bonds. The van der Waals surface area contributed by atoms with Crippen molar-refractivity contribution >= 4 is 33.4 Å². The Balaban J connectivity index is 1.76. The first kappa shape index (κ1) is 17.6. The number of aryl methyl sites for hydroxylation is 1. The summed E-state index contributed by atoms with van der Waals surface area (Å²) >= 11 is 3.10. The highest BCUT2D eigenvalue weighted by Crippen LogP contribution is 2.26. The highest BCUT2D eigenvalue weighted by Gasteiger charge is 2.25. The van der Waals surface area contributed by atoms with Gasteiger partial charge in [-0.25, -0.2) is 4.39 Å². The SMILES string of the molecule is CC(=O)NCC1CCn2ncc(C(=O)Nc3cccc(Br)c3F)c2C1. The van der Waals surface area contributed by atoms with Gasteiger partial charge < -0.3 is 10.6 Å². The summed E-state index contributed by atoms with van der Waals surface area (Å²) < 4.78 is 16.1. The summed E-state index contributed by atoms with van der Waals surface area (Å²) in [4.78, 5) is 23.7. The zero-order valence-corrected chi connectivity index (χ0v) is 15.3. The van der Waals surface area contributed by atoms with E-state index in [4.69, 9.17) is 0 Å². The lowest BCUT2D eigenvalue weighted by molar-refractivity contribution is -0.119. The minimum atomic E-state index is -0.513. The van der Waals surface area contributed by atoms with Crippen LogP contribution < -0.4 is 10.6 Å². The van der Waals surface area contributed by atoms with Crippen molar-refractivity contribution < 1.29 is 14.0 Å². The third-order valence-corrected chi connectivity index (χ3v) is 4.88. The average molecular weight is 409 g/mol. The topological polar surface area (TPSA) is 76.0 Å². The van der Waals surface area contributed by atoms with E-state index < -0.39 is 11.7 Å². The van der Waals surface area contributed by atoms with Gasteiger partial charge in [-0.2, -0.15) is 5.10 Å². The van der Waals surface area contributed by atoms with E-state index in [1.807, 2.05) is 0 Å². The Hall–Kier alpha value is -2.22. The molecule has 0 aliphatic carbocycles. The third kappa shape index (κ3) is 3.89. The van der Waals surface area contributed by atoms with E-state index in [2.05, 4.69) is 31.7 Å². The number of amides is 2. The van der Waals surface area contributed by atoms with Crippen LogP contribution in [0.2, 0.25) is 0 Å². The van der Waals surface area contributed by atoms with Crippen LogP contribution in [-0.2, 0) is 17.8 Å². The van der Waals surface area contributed by atoms with E-state index in [0.717, 1.165) is 12.1 Å². The van der Waals surface area contributed by atoms with Crippen LogP contribution >= 0.6 is 15.9 Å². The maximum atomic E-state index is 14.1. The van der Waals surface area contributed by atoms with E-state index in [1.54, 1.807) is 16.8 Å². The highest BCUT2D eigenvalue weighted by molar-refractivity contribution is 9.10. The van der Waals surface area contributed by atoms with Crippen molar-refractivity contribution in [2.24, 2.45) is 5.92 Å². The molecule has 3 rings (SSSR count). The van der Waals surface area contributed by atoms with Crippen LogP contribution in [0.15, 0.2) is 28.9 Å². The van der Waals surface area contributed by atoms with E-state index in [9.17, 15) is 14.0 Å². The zero-order chi connectivity index (χ0) is 18.0. The second kappa shape index (κ2) is 7.35. The molecule has 0 fully saturated rings. The van der Waals surface area contributed by atoms with E-state index in [1.165, 1.54) is 19.2 Å². The number of carbonyl (C=O) groups is 2. The Morgan fingerprint density at radius 1 is 1.44 bits per heavy atom. The minimum absolute atomic E-state index is 0.0674. The molecule has 1 aliphatic heterocycles. The molecule has 1 atom stereocenters. The van der Waals surface area contributed by atoms with Gasteiger partial charge in [-0.05, 0) is 46.8 Å². The van der Waals surface area contributed by atoms with Gasteiger partial charge in [0.15, 0.2) is 5.82 Å². The summed E-state index contributed by atoms with van der Waals surface area (Å²) in [5, 5.41) is 9.67. The zero-order valence-electron chi connectivity index (χ0n) is 13.7. The number of carbonyl (C=O) groups excluding carboxylic acids is 2. The second-order valence-corrected chi connectivity index (χ2v) is 6.93. The van der Waals surface area contributed by atoms with Gasteiger partial charge in [-0.1, -0.05) is 6.07 Å². The summed E-state index contributed by atoms with van der Waals surface area (Å²) in [5.74, 6) is -0.719. The van der Waals surface area contributed by atoms with Crippen molar-refractivity contribution in [2.75, 3.05) is 11.9 Å². The Kier molecular flexibility index (Phi) is 5.17. The van der Waals surface area contributed by atoms with Crippen molar-refractivity contribution in [3.63, 3.8) is 0 Å². The molecule has 0 saturated carbocycles.